The highest BCUT2D eigenvalue weighted by atomic mass is 127. The van der Waals surface area contributed by atoms with E-state index in [1.807, 2.05) is 14.0 Å². The first-order valence-corrected chi connectivity index (χ1v) is 11.8. The molecule has 8 heteroatoms. The summed E-state index contributed by atoms with van der Waals surface area (Å²) in [4.78, 5) is 20.7. The van der Waals surface area contributed by atoms with Crippen molar-refractivity contribution in [1.29, 1.82) is 0 Å². The van der Waals surface area contributed by atoms with Crippen LogP contribution in [0.1, 0.15) is 50.7 Å². The van der Waals surface area contributed by atoms with Crippen molar-refractivity contribution >= 4 is 36.0 Å². The molecule has 1 unspecified atom stereocenters. The van der Waals surface area contributed by atoms with Gasteiger partial charge in [0.25, 0.3) is 0 Å². The summed E-state index contributed by atoms with van der Waals surface area (Å²) in [6.07, 6.45) is 4.23. The summed E-state index contributed by atoms with van der Waals surface area (Å²) in [5.74, 6) is 1.60. The lowest BCUT2D eigenvalue weighted by Gasteiger charge is -2.32. The number of carbonyl (C=O) groups is 1. The van der Waals surface area contributed by atoms with Gasteiger partial charge in [0.15, 0.2) is 5.96 Å². The van der Waals surface area contributed by atoms with Crippen molar-refractivity contribution in [2.24, 2.45) is 10.9 Å². The number of rotatable bonds is 6. The van der Waals surface area contributed by atoms with Gasteiger partial charge < -0.3 is 20.3 Å². The Hall–Kier alpha value is -1.55. The lowest BCUT2D eigenvalue weighted by molar-refractivity contribution is 0.0963. The Morgan fingerprint density at radius 1 is 1.16 bits per heavy atom. The standard InChI is InChI=1S/C24H39N5O2.HI/c1-4-31-24(30)29-14-11-22(12-15-29)27-23(25-3)26-16-20-9-5-6-10-21(20)18-28-13-7-8-19(2)17-28;/h5-6,9-10,19,22H,4,7-8,11-18H2,1-3H3,(H2,25,26,27);1H. The van der Waals surface area contributed by atoms with Crippen molar-refractivity contribution in [1.82, 2.24) is 20.4 Å². The van der Waals surface area contributed by atoms with E-state index >= 15 is 0 Å². The third kappa shape index (κ3) is 8.10. The Balaban J connectivity index is 0.00000363. The first-order chi connectivity index (χ1) is 15.1. The van der Waals surface area contributed by atoms with E-state index in [1.165, 1.54) is 37.1 Å². The molecule has 7 nitrogen and oxygen atoms in total. The number of hydrogen-bond donors (Lipinski definition) is 2. The van der Waals surface area contributed by atoms with Crippen LogP contribution in [-0.4, -0.2) is 67.7 Å². The molecular weight excluding hydrogens is 517 g/mol. The van der Waals surface area contributed by atoms with Gasteiger partial charge in [-0.25, -0.2) is 4.79 Å². The summed E-state index contributed by atoms with van der Waals surface area (Å²) in [6.45, 7) is 10.2. The molecule has 1 atom stereocenters. The van der Waals surface area contributed by atoms with Gasteiger partial charge in [-0.1, -0.05) is 31.2 Å². The van der Waals surface area contributed by atoms with Crippen LogP contribution in [0, 0.1) is 5.92 Å². The number of halogens is 1. The van der Waals surface area contributed by atoms with Crippen molar-refractivity contribution in [2.45, 2.75) is 58.7 Å². The second-order valence-corrected chi connectivity index (χ2v) is 8.78. The molecule has 180 valence electrons. The number of likely N-dealkylation sites (tertiary alicyclic amines) is 2. The van der Waals surface area contributed by atoms with Crippen LogP contribution in [0.3, 0.4) is 0 Å². The molecule has 2 heterocycles. The number of aliphatic imine (C=N–C) groups is 1. The van der Waals surface area contributed by atoms with Gasteiger partial charge in [-0.15, -0.1) is 24.0 Å². The Morgan fingerprint density at radius 3 is 2.53 bits per heavy atom. The number of amides is 1. The van der Waals surface area contributed by atoms with Crippen LogP contribution in [0.4, 0.5) is 4.79 Å². The van der Waals surface area contributed by atoms with E-state index in [2.05, 4.69) is 51.7 Å². The molecule has 0 radical (unpaired) electrons. The van der Waals surface area contributed by atoms with Crippen molar-refractivity contribution in [3.8, 4) is 0 Å². The summed E-state index contributed by atoms with van der Waals surface area (Å²) in [5.41, 5.74) is 2.71. The lowest BCUT2D eigenvalue weighted by Crippen LogP contribution is -2.49. The molecule has 0 saturated carbocycles. The Kier molecular flexibility index (Phi) is 11.6. The van der Waals surface area contributed by atoms with Gasteiger partial charge in [0, 0.05) is 45.8 Å². The maximum absolute atomic E-state index is 11.9. The minimum absolute atomic E-state index is 0. The molecule has 1 amide bonds. The first kappa shape index (κ1) is 26.7. The van der Waals surface area contributed by atoms with E-state index in [0.29, 0.717) is 25.7 Å². The molecular formula is C24H40IN5O2. The largest absolute Gasteiger partial charge is 0.450 e. The predicted molar refractivity (Wildman–Crippen MR) is 140 cm³/mol. The maximum Gasteiger partial charge on any atom is 0.409 e. The number of nitrogens with one attached hydrogen (secondary N) is 2. The minimum atomic E-state index is -0.205. The molecule has 1 aromatic rings. The molecule has 32 heavy (non-hydrogen) atoms. The van der Waals surface area contributed by atoms with Crippen molar-refractivity contribution < 1.29 is 9.53 Å². The van der Waals surface area contributed by atoms with E-state index in [1.54, 1.807) is 4.90 Å². The van der Waals surface area contributed by atoms with Gasteiger partial charge in [-0.05, 0) is 56.2 Å². The normalized spacial score (nSPS) is 20.4. The molecule has 1 aromatic carbocycles. The van der Waals surface area contributed by atoms with E-state index in [9.17, 15) is 4.79 Å². The zero-order chi connectivity index (χ0) is 22.1. The number of carbonyl (C=O) groups excluding carboxylic acids is 1. The van der Waals surface area contributed by atoms with Crippen molar-refractivity contribution in [2.75, 3.05) is 39.8 Å². The van der Waals surface area contributed by atoms with Gasteiger partial charge in [0.1, 0.15) is 0 Å². The maximum atomic E-state index is 11.9. The van der Waals surface area contributed by atoms with Crippen molar-refractivity contribution in [3.63, 3.8) is 0 Å². The summed E-state index contributed by atoms with van der Waals surface area (Å²) >= 11 is 0. The lowest BCUT2D eigenvalue weighted by atomic mass is 9.99. The van der Waals surface area contributed by atoms with Gasteiger partial charge in [-0.3, -0.25) is 9.89 Å². The van der Waals surface area contributed by atoms with Crippen LogP contribution in [0.15, 0.2) is 29.3 Å². The van der Waals surface area contributed by atoms with Crippen LogP contribution in [-0.2, 0) is 17.8 Å². The second kappa shape index (κ2) is 13.9. The average Bonchev–Trinajstić information content (AvgIpc) is 2.78. The molecule has 2 aliphatic heterocycles. The van der Waals surface area contributed by atoms with Crippen LogP contribution in [0.2, 0.25) is 0 Å². The smallest absolute Gasteiger partial charge is 0.409 e. The number of piperidine rings is 2. The predicted octanol–water partition coefficient (Wildman–Crippen LogP) is 3.82. The zero-order valence-electron chi connectivity index (χ0n) is 19.8. The third-order valence-corrected chi connectivity index (χ3v) is 6.29. The molecule has 0 aromatic heterocycles. The van der Waals surface area contributed by atoms with Gasteiger partial charge in [0.05, 0.1) is 6.61 Å². The monoisotopic (exact) mass is 557 g/mol. The molecule has 0 bridgehead atoms. The number of benzene rings is 1. The van der Waals surface area contributed by atoms with Gasteiger partial charge in [0.2, 0.25) is 0 Å². The van der Waals surface area contributed by atoms with Crippen LogP contribution >= 0.6 is 24.0 Å². The van der Waals surface area contributed by atoms with E-state index in [0.717, 1.165) is 37.8 Å². The fourth-order valence-electron chi connectivity index (χ4n) is 4.54. The molecule has 3 rings (SSSR count). The molecule has 0 spiro atoms. The number of hydrogen-bond acceptors (Lipinski definition) is 4. The van der Waals surface area contributed by atoms with Gasteiger partial charge in [-0.2, -0.15) is 0 Å². The number of ether oxygens (including phenoxy) is 1. The van der Waals surface area contributed by atoms with E-state index < -0.39 is 0 Å². The third-order valence-electron chi connectivity index (χ3n) is 6.29. The second-order valence-electron chi connectivity index (χ2n) is 8.78. The first-order valence-electron chi connectivity index (χ1n) is 11.8. The summed E-state index contributed by atoms with van der Waals surface area (Å²) in [7, 11) is 1.81. The molecule has 2 N–H and O–H groups in total. The summed E-state index contributed by atoms with van der Waals surface area (Å²) in [5, 5.41) is 7.01. The average molecular weight is 558 g/mol. The highest BCUT2D eigenvalue weighted by Crippen LogP contribution is 2.19. The van der Waals surface area contributed by atoms with Gasteiger partial charge >= 0.3 is 6.09 Å². The molecule has 2 aliphatic rings. The van der Waals surface area contributed by atoms with E-state index in [-0.39, 0.29) is 30.1 Å². The summed E-state index contributed by atoms with van der Waals surface area (Å²) in [6, 6.07) is 9.01. The number of nitrogens with zero attached hydrogens (tertiary/aromatic N) is 3. The zero-order valence-corrected chi connectivity index (χ0v) is 22.1. The Morgan fingerprint density at radius 2 is 1.88 bits per heavy atom. The molecule has 2 saturated heterocycles. The fraction of sp³-hybridized carbons (Fsp3) is 0.667. The Bertz CT molecular complexity index is 737. The Labute approximate surface area is 210 Å². The highest BCUT2D eigenvalue weighted by molar-refractivity contribution is 14.0. The topological polar surface area (TPSA) is 69.2 Å². The van der Waals surface area contributed by atoms with E-state index in [4.69, 9.17) is 4.74 Å². The van der Waals surface area contributed by atoms with Crippen LogP contribution in [0.5, 0.6) is 0 Å². The summed E-state index contributed by atoms with van der Waals surface area (Å²) < 4.78 is 5.10. The van der Waals surface area contributed by atoms with Crippen LogP contribution in [0.25, 0.3) is 0 Å². The number of guanidine groups is 1. The fourth-order valence-corrected chi connectivity index (χ4v) is 4.54. The molecule has 0 aliphatic carbocycles. The van der Waals surface area contributed by atoms with Crippen LogP contribution < -0.4 is 10.6 Å². The highest BCUT2D eigenvalue weighted by Gasteiger charge is 2.24. The quantitative estimate of drug-likeness (QED) is 0.316. The minimum Gasteiger partial charge on any atom is -0.450 e. The molecule has 2 fully saturated rings. The SMILES string of the molecule is CCOC(=O)N1CCC(NC(=NC)NCc2ccccc2CN2CCCC(C)C2)CC1.I. The van der Waals surface area contributed by atoms with Crippen molar-refractivity contribution in [3.05, 3.63) is 35.4 Å².